The second-order valence-electron chi connectivity index (χ2n) is 1.97. The molecule has 1 aromatic rings. The Morgan fingerprint density at radius 2 is 2.30 bits per heavy atom. The molecule has 54 valence electrons. The van der Waals surface area contributed by atoms with Crippen molar-refractivity contribution in [2.45, 2.75) is 0 Å². The number of aryl methyl sites for hydroxylation is 1. The van der Waals surface area contributed by atoms with Crippen molar-refractivity contribution < 1.29 is 0 Å². The van der Waals surface area contributed by atoms with Crippen molar-refractivity contribution in [2.24, 2.45) is 7.05 Å². The lowest BCUT2D eigenvalue weighted by Gasteiger charge is -1.99. The lowest BCUT2D eigenvalue weighted by molar-refractivity contribution is 0.813. The second kappa shape index (κ2) is 2.76. The van der Waals surface area contributed by atoms with Gasteiger partial charge in [0.05, 0.1) is 5.02 Å². The zero-order chi connectivity index (χ0) is 7.72. The van der Waals surface area contributed by atoms with E-state index >= 15 is 0 Å². The first-order valence-electron chi connectivity index (χ1n) is 2.67. The van der Waals surface area contributed by atoms with E-state index in [0.29, 0.717) is 10.5 Å². The van der Waals surface area contributed by atoms with E-state index in [-0.39, 0.29) is 0 Å². The van der Waals surface area contributed by atoms with Gasteiger partial charge in [0.1, 0.15) is 5.49 Å². The van der Waals surface area contributed by atoms with Crippen LogP contribution in [0.1, 0.15) is 0 Å². The molecule has 0 amide bonds. The van der Waals surface area contributed by atoms with Gasteiger partial charge in [0.2, 0.25) is 0 Å². The van der Waals surface area contributed by atoms with Crippen molar-refractivity contribution in [2.75, 3.05) is 0 Å². The summed E-state index contributed by atoms with van der Waals surface area (Å²) in [6, 6.07) is 1.70. The molecule has 1 rings (SSSR count). The van der Waals surface area contributed by atoms with Gasteiger partial charge in [-0.2, -0.15) is 0 Å². The number of nitrogens with zero attached hydrogens (tertiary/aromatic N) is 1. The van der Waals surface area contributed by atoms with E-state index in [1.165, 1.54) is 0 Å². The number of nitrogens with one attached hydrogen (secondary N) is 1. The van der Waals surface area contributed by atoms with E-state index in [9.17, 15) is 0 Å². The average molecular weight is 221 g/mol. The van der Waals surface area contributed by atoms with Gasteiger partial charge in [0, 0.05) is 17.7 Å². The molecule has 2 nitrogen and oxygen atoms in total. The van der Waals surface area contributed by atoms with E-state index in [1.54, 1.807) is 23.9 Å². The molecule has 0 aliphatic carbocycles. The smallest absolute Gasteiger partial charge is 0.143 e. The average Bonchev–Trinajstić information content (AvgIpc) is 1.82. The number of hydrogen-bond donors (Lipinski definition) is 1. The van der Waals surface area contributed by atoms with Crippen molar-refractivity contribution in [3.63, 3.8) is 0 Å². The van der Waals surface area contributed by atoms with Gasteiger partial charge >= 0.3 is 0 Å². The molecule has 0 bridgehead atoms. The monoisotopic (exact) mass is 220 g/mol. The van der Waals surface area contributed by atoms with Crippen LogP contribution in [-0.2, 0) is 7.05 Å². The molecule has 0 atom stereocenters. The molecular formula is C6H6BrClN2. The molecule has 0 fully saturated rings. The quantitative estimate of drug-likeness (QED) is 0.694. The molecule has 0 saturated carbocycles. The molecule has 0 aliphatic rings. The number of halogens is 2. The highest BCUT2D eigenvalue weighted by molar-refractivity contribution is 9.10. The number of rotatable bonds is 0. The maximum Gasteiger partial charge on any atom is 0.143 e. The largest absolute Gasteiger partial charge is 0.334 e. The standard InChI is InChI=1S/C6H6BrClN2/c1-10-3-4(7)2-5(8)6(10)9/h2-3,9H,1H3. The van der Waals surface area contributed by atoms with Gasteiger partial charge in [0.25, 0.3) is 0 Å². The number of aromatic nitrogens is 1. The Labute approximate surface area is 72.1 Å². The summed E-state index contributed by atoms with van der Waals surface area (Å²) >= 11 is 8.94. The van der Waals surface area contributed by atoms with E-state index in [2.05, 4.69) is 15.9 Å². The second-order valence-corrected chi connectivity index (χ2v) is 3.29. The molecule has 0 unspecified atom stereocenters. The summed E-state index contributed by atoms with van der Waals surface area (Å²) in [5, 5.41) is 7.81. The molecular weight excluding hydrogens is 215 g/mol. The van der Waals surface area contributed by atoms with Gasteiger partial charge < -0.3 is 4.57 Å². The van der Waals surface area contributed by atoms with Crippen LogP contribution < -0.4 is 5.49 Å². The highest BCUT2D eigenvalue weighted by Crippen LogP contribution is 2.10. The van der Waals surface area contributed by atoms with Crippen LogP contribution in [0.2, 0.25) is 5.02 Å². The van der Waals surface area contributed by atoms with Crippen LogP contribution in [-0.4, -0.2) is 4.57 Å². The Bertz CT molecular complexity index is 279. The molecule has 0 spiro atoms. The first kappa shape index (κ1) is 7.82. The zero-order valence-electron chi connectivity index (χ0n) is 5.36. The minimum Gasteiger partial charge on any atom is -0.334 e. The number of pyridine rings is 1. The topological polar surface area (TPSA) is 28.8 Å². The van der Waals surface area contributed by atoms with Gasteiger partial charge in [-0.25, -0.2) is 0 Å². The molecule has 1 N–H and O–H groups in total. The van der Waals surface area contributed by atoms with Crippen LogP contribution in [0.15, 0.2) is 16.7 Å². The van der Waals surface area contributed by atoms with Gasteiger partial charge in [-0.3, -0.25) is 5.41 Å². The highest BCUT2D eigenvalue weighted by atomic mass is 79.9. The minimum atomic E-state index is 0.324. The number of hydrogen-bond acceptors (Lipinski definition) is 1. The van der Waals surface area contributed by atoms with Gasteiger partial charge in [-0.05, 0) is 22.0 Å². The van der Waals surface area contributed by atoms with Gasteiger partial charge in [0.15, 0.2) is 0 Å². The van der Waals surface area contributed by atoms with Crippen molar-refractivity contribution >= 4 is 27.5 Å². The molecule has 0 aromatic carbocycles. The van der Waals surface area contributed by atoms with Crippen LogP contribution in [0.5, 0.6) is 0 Å². The predicted molar refractivity (Wildman–Crippen MR) is 44.0 cm³/mol. The van der Waals surface area contributed by atoms with Crippen LogP contribution in [0, 0.1) is 5.41 Å². The summed E-state index contributed by atoms with van der Waals surface area (Å²) in [5.74, 6) is 0. The lowest BCUT2D eigenvalue weighted by Crippen LogP contribution is -2.15. The van der Waals surface area contributed by atoms with Gasteiger partial charge in [-0.1, -0.05) is 11.6 Å². The summed E-state index contributed by atoms with van der Waals surface area (Å²) < 4.78 is 2.53. The van der Waals surface area contributed by atoms with E-state index in [1.807, 2.05) is 0 Å². The summed E-state index contributed by atoms with van der Waals surface area (Å²) in [5.41, 5.74) is 0.324. The minimum absolute atomic E-state index is 0.324. The molecule has 10 heavy (non-hydrogen) atoms. The van der Waals surface area contributed by atoms with Crippen molar-refractivity contribution in [1.82, 2.24) is 4.57 Å². The van der Waals surface area contributed by atoms with Crippen LogP contribution in [0.3, 0.4) is 0 Å². The van der Waals surface area contributed by atoms with Crippen LogP contribution >= 0.6 is 27.5 Å². The van der Waals surface area contributed by atoms with Crippen molar-refractivity contribution in [3.05, 3.63) is 27.2 Å². The Morgan fingerprint density at radius 3 is 2.80 bits per heavy atom. The summed E-state index contributed by atoms with van der Waals surface area (Å²) in [4.78, 5) is 0. The third kappa shape index (κ3) is 1.41. The fourth-order valence-corrected chi connectivity index (χ4v) is 1.56. The third-order valence-electron chi connectivity index (χ3n) is 1.16. The maximum atomic E-state index is 7.35. The zero-order valence-corrected chi connectivity index (χ0v) is 7.70. The first-order chi connectivity index (χ1) is 4.61. The Kier molecular flexibility index (Phi) is 2.16. The van der Waals surface area contributed by atoms with E-state index in [4.69, 9.17) is 17.0 Å². The third-order valence-corrected chi connectivity index (χ3v) is 1.88. The SMILES string of the molecule is Cn1cc(Br)cc(Cl)c1=N. The maximum absolute atomic E-state index is 7.35. The fraction of sp³-hybridized carbons (Fsp3) is 0.167. The fourth-order valence-electron chi connectivity index (χ4n) is 0.645. The molecule has 0 aliphatic heterocycles. The normalized spacial score (nSPS) is 9.90. The molecule has 1 aromatic heterocycles. The Balaban J connectivity index is 3.46. The van der Waals surface area contributed by atoms with Crippen LogP contribution in [0.4, 0.5) is 0 Å². The van der Waals surface area contributed by atoms with Crippen molar-refractivity contribution in [1.29, 1.82) is 5.41 Å². The summed E-state index contributed by atoms with van der Waals surface area (Å²) in [6.45, 7) is 0. The first-order valence-corrected chi connectivity index (χ1v) is 3.84. The summed E-state index contributed by atoms with van der Waals surface area (Å²) in [7, 11) is 1.78. The van der Waals surface area contributed by atoms with Crippen LogP contribution in [0.25, 0.3) is 0 Å². The highest BCUT2D eigenvalue weighted by Gasteiger charge is 1.94. The lowest BCUT2D eigenvalue weighted by atomic mass is 10.5. The summed E-state index contributed by atoms with van der Waals surface area (Å²) in [6.07, 6.45) is 1.79. The Morgan fingerprint density at radius 1 is 1.70 bits per heavy atom. The van der Waals surface area contributed by atoms with E-state index < -0.39 is 0 Å². The van der Waals surface area contributed by atoms with Gasteiger partial charge in [-0.15, -0.1) is 0 Å². The molecule has 0 saturated heterocycles. The molecule has 4 heteroatoms. The van der Waals surface area contributed by atoms with E-state index in [0.717, 1.165) is 4.47 Å². The molecule has 1 heterocycles. The van der Waals surface area contributed by atoms with Crippen molar-refractivity contribution in [3.8, 4) is 0 Å². The molecule has 0 radical (unpaired) electrons. The predicted octanol–water partition coefficient (Wildman–Crippen LogP) is 1.92. The Hall–Kier alpha value is -0.280.